The number of carboxylic acids is 2. The number of aromatic hydroxyl groups is 1. The van der Waals surface area contributed by atoms with Crippen LogP contribution in [0.25, 0.3) is 0 Å². The molecule has 2 heterocycles. The molecule has 0 bridgehead atoms. The minimum absolute atomic E-state index is 0.00645. The van der Waals surface area contributed by atoms with E-state index in [1.54, 1.807) is 26.0 Å². The second kappa shape index (κ2) is 10.8. The molecule has 11 heteroatoms. The van der Waals surface area contributed by atoms with Crippen molar-refractivity contribution in [2.45, 2.75) is 32.6 Å². The summed E-state index contributed by atoms with van der Waals surface area (Å²) in [6.07, 6.45) is 2.33. The van der Waals surface area contributed by atoms with Gasteiger partial charge in [-0.3, -0.25) is 29.0 Å². The number of rotatable bonds is 5. The van der Waals surface area contributed by atoms with E-state index in [1.807, 2.05) is 6.08 Å². The van der Waals surface area contributed by atoms with Crippen molar-refractivity contribution >= 4 is 46.9 Å². The van der Waals surface area contributed by atoms with E-state index in [-0.39, 0.29) is 41.1 Å². The van der Waals surface area contributed by atoms with Crippen molar-refractivity contribution < 1.29 is 44.1 Å². The van der Waals surface area contributed by atoms with Crippen LogP contribution in [-0.4, -0.2) is 50.9 Å². The number of fused-ring (bicyclic) bond motifs is 4. The summed E-state index contributed by atoms with van der Waals surface area (Å²) in [6, 6.07) is 14.6. The lowest BCUT2D eigenvalue weighted by Gasteiger charge is -2.44. The van der Waals surface area contributed by atoms with Gasteiger partial charge in [0.2, 0.25) is 23.6 Å². The maximum absolute atomic E-state index is 14.3. The van der Waals surface area contributed by atoms with Crippen LogP contribution in [-0.2, 0) is 19.2 Å². The standard InChI is InChI=1S/C36H30N2O9/c1-16-13-20(14-17(2)30(16)39)27-23-11-12-24-28(33(42)37(31(24)40)21-7-3-18(4-8-21)35(44)45)25(23)15-26-29(27)34(43)38(32(26)41)22-9-5-19(6-10-22)36(46)47/h3-11,13-14,24-29,39H,12,15H2,1-2H3,(H,44,45)(H,46,47)/t24-,25+,26+,27-,28-,29+/m0/s1. The lowest BCUT2D eigenvalue weighted by atomic mass is 9.57. The lowest BCUT2D eigenvalue weighted by Crippen LogP contribution is -2.43. The lowest BCUT2D eigenvalue weighted by molar-refractivity contribution is -0.126. The molecule has 0 radical (unpaired) electrons. The summed E-state index contributed by atoms with van der Waals surface area (Å²) in [6.45, 7) is 3.50. The average molecular weight is 635 g/mol. The van der Waals surface area contributed by atoms with Crippen molar-refractivity contribution in [2.24, 2.45) is 29.6 Å². The van der Waals surface area contributed by atoms with E-state index in [1.165, 1.54) is 48.5 Å². The number of carboxylic acid groups (broad SMARTS) is 2. The summed E-state index contributed by atoms with van der Waals surface area (Å²) in [5, 5.41) is 29.2. The Kier molecular flexibility index (Phi) is 6.89. The van der Waals surface area contributed by atoms with Crippen molar-refractivity contribution in [1.82, 2.24) is 0 Å². The van der Waals surface area contributed by atoms with Gasteiger partial charge < -0.3 is 15.3 Å². The normalized spacial score (nSPS) is 26.6. The number of amides is 4. The monoisotopic (exact) mass is 634 g/mol. The molecule has 47 heavy (non-hydrogen) atoms. The molecule has 6 atom stereocenters. The van der Waals surface area contributed by atoms with Gasteiger partial charge in [0.25, 0.3) is 0 Å². The van der Waals surface area contributed by atoms with E-state index in [0.29, 0.717) is 16.7 Å². The fraction of sp³-hybridized carbons (Fsp3) is 0.278. The third-order valence-electron chi connectivity index (χ3n) is 10.3. The first-order chi connectivity index (χ1) is 22.4. The summed E-state index contributed by atoms with van der Waals surface area (Å²) >= 11 is 0. The summed E-state index contributed by atoms with van der Waals surface area (Å²) in [4.78, 5) is 81.3. The molecule has 7 rings (SSSR count). The number of aryl methyl sites for hydroxylation is 2. The highest BCUT2D eigenvalue weighted by Crippen LogP contribution is 2.58. The van der Waals surface area contributed by atoms with Crippen LogP contribution < -0.4 is 9.80 Å². The topological polar surface area (TPSA) is 170 Å². The first-order valence-electron chi connectivity index (χ1n) is 15.3. The van der Waals surface area contributed by atoms with Gasteiger partial charge >= 0.3 is 11.9 Å². The SMILES string of the molecule is Cc1cc([C@H]2C3=CC[C@@H]4C(=O)N(c5ccc(C(=O)O)cc5)C(=O)[C@@H]4[C@@H]3C[C@H]3C(=O)N(c4ccc(C(=O)O)cc4)C(=O)[C@@H]23)cc(C)c1O. The molecule has 3 aromatic carbocycles. The Morgan fingerprint density at radius 2 is 1.13 bits per heavy atom. The largest absolute Gasteiger partial charge is 0.507 e. The highest BCUT2D eigenvalue weighted by Gasteiger charge is 2.62. The number of hydrogen-bond acceptors (Lipinski definition) is 7. The predicted octanol–water partition coefficient (Wildman–Crippen LogP) is 4.45. The third kappa shape index (κ3) is 4.48. The summed E-state index contributed by atoms with van der Waals surface area (Å²) in [5.41, 5.74) is 3.22. The summed E-state index contributed by atoms with van der Waals surface area (Å²) in [7, 11) is 0. The van der Waals surface area contributed by atoms with Gasteiger partial charge in [-0.05, 0) is 97.8 Å². The number of carbonyl (C=O) groups is 6. The van der Waals surface area contributed by atoms with E-state index in [4.69, 9.17) is 0 Å². The summed E-state index contributed by atoms with van der Waals surface area (Å²) in [5.74, 6) is -8.20. The molecule has 0 unspecified atom stereocenters. The molecule has 0 aromatic heterocycles. The molecule has 4 amide bonds. The van der Waals surface area contributed by atoms with Crippen LogP contribution in [0.3, 0.4) is 0 Å². The molecule has 11 nitrogen and oxygen atoms in total. The Morgan fingerprint density at radius 3 is 1.62 bits per heavy atom. The zero-order valence-electron chi connectivity index (χ0n) is 25.4. The smallest absolute Gasteiger partial charge is 0.335 e. The van der Waals surface area contributed by atoms with Gasteiger partial charge in [0, 0.05) is 5.92 Å². The quantitative estimate of drug-likeness (QED) is 0.271. The molecule has 0 spiro atoms. The Morgan fingerprint density at radius 1 is 0.660 bits per heavy atom. The number of nitrogens with zero attached hydrogens (tertiary/aromatic N) is 2. The first kappa shape index (κ1) is 30.1. The molecule has 2 saturated heterocycles. The van der Waals surface area contributed by atoms with E-state index < -0.39 is 71.1 Å². The molecule has 1 saturated carbocycles. The van der Waals surface area contributed by atoms with Gasteiger partial charge in [0.15, 0.2) is 0 Å². The van der Waals surface area contributed by atoms with E-state index in [0.717, 1.165) is 15.4 Å². The number of carbonyl (C=O) groups excluding carboxylic acids is 4. The minimum Gasteiger partial charge on any atom is -0.507 e. The van der Waals surface area contributed by atoms with Crippen LogP contribution in [0.1, 0.15) is 56.2 Å². The molecular weight excluding hydrogens is 604 g/mol. The third-order valence-corrected chi connectivity index (χ3v) is 10.3. The molecule has 3 fully saturated rings. The Labute approximate surface area is 268 Å². The van der Waals surface area contributed by atoms with Crippen LogP contribution in [0, 0.1) is 43.4 Å². The number of imide groups is 2. The molecule has 2 aliphatic heterocycles. The fourth-order valence-electron chi connectivity index (χ4n) is 8.15. The fourth-order valence-corrected chi connectivity index (χ4v) is 8.15. The maximum Gasteiger partial charge on any atom is 0.335 e. The number of benzene rings is 3. The Balaban J connectivity index is 1.32. The van der Waals surface area contributed by atoms with Crippen LogP contribution >= 0.6 is 0 Å². The van der Waals surface area contributed by atoms with Gasteiger partial charge in [-0.1, -0.05) is 23.8 Å². The molecule has 2 aliphatic carbocycles. The van der Waals surface area contributed by atoms with Crippen LogP contribution in [0.15, 0.2) is 72.3 Å². The minimum atomic E-state index is -1.14. The van der Waals surface area contributed by atoms with Crippen molar-refractivity contribution in [3.05, 3.63) is 100 Å². The van der Waals surface area contributed by atoms with Crippen molar-refractivity contribution in [2.75, 3.05) is 9.80 Å². The predicted molar refractivity (Wildman–Crippen MR) is 167 cm³/mol. The maximum atomic E-state index is 14.3. The van der Waals surface area contributed by atoms with Crippen LogP contribution in [0.5, 0.6) is 5.75 Å². The first-order valence-corrected chi connectivity index (χ1v) is 15.3. The zero-order chi connectivity index (χ0) is 33.5. The van der Waals surface area contributed by atoms with Crippen molar-refractivity contribution in [3.8, 4) is 5.75 Å². The van der Waals surface area contributed by atoms with E-state index in [9.17, 15) is 44.1 Å². The van der Waals surface area contributed by atoms with Gasteiger partial charge in [0.1, 0.15) is 5.75 Å². The molecule has 3 N–H and O–H groups in total. The number of anilines is 2. The van der Waals surface area contributed by atoms with Crippen LogP contribution in [0.2, 0.25) is 0 Å². The highest BCUT2D eigenvalue weighted by molar-refractivity contribution is 6.24. The number of aromatic carboxylic acids is 2. The van der Waals surface area contributed by atoms with Crippen molar-refractivity contribution in [1.29, 1.82) is 0 Å². The number of allylic oxidation sites excluding steroid dienone is 2. The number of hydrogen-bond donors (Lipinski definition) is 3. The van der Waals surface area contributed by atoms with Crippen molar-refractivity contribution in [3.63, 3.8) is 0 Å². The summed E-state index contributed by atoms with van der Waals surface area (Å²) < 4.78 is 0. The van der Waals surface area contributed by atoms with Gasteiger partial charge in [-0.2, -0.15) is 0 Å². The molecule has 4 aliphatic rings. The van der Waals surface area contributed by atoms with Gasteiger partial charge in [0.05, 0.1) is 46.2 Å². The highest BCUT2D eigenvalue weighted by atomic mass is 16.4. The average Bonchev–Trinajstić information content (AvgIpc) is 3.46. The second-order valence-electron chi connectivity index (χ2n) is 12.8. The molecular formula is C36H30N2O9. The molecule has 238 valence electrons. The zero-order valence-corrected chi connectivity index (χ0v) is 25.4. The van der Waals surface area contributed by atoms with E-state index in [2.05, 4.69) is 0 Å². The van der Waals surface area contributed by atoms with Crippen LogP contribution in [0.4, 0.5) is 11.4 Å². The second-order valence-corrected chi connectivity index (χ2v) is 12.8. The Hall–Kier alpha value is -5.58. The van der Waals surface area contributed by atoms with Gasteiger partial charge in [-0.15, -0.1) is 0 Å². The Bertz CT molecular complexity index is 1920. The van der Waals surface area contributed by atoms with E-state index >= 15 is 0 Å². The number of phenols is 1. The number of phenolic OH excluding ortho intramolecular Hbond substituents is 1. The molecule has 3 aromatic rings. The van der Waals surface area contributed by atoms with Gasteiger partial charge in [-0.25, -0.2) is 9.59 Å².